The van der Waals surface area contributed by atoms with Crippen LogP contribution in [0.5, 0.6) is 11.5 Å². The van der Waals surface area contributed by atoms with Gasteiger partial charge in [0, 0.05) is 30.1 Å². The van der Waals surface area contributed by atoms with Crippen LogP contribution < -0.4 is 14.8 Å². The molecule has 1 atom stereocenters. The molecule has 0 unspecified atom stereocenters. The van der Waals surface area contributed by atoms with Gasteiger partial charge in [-0.15, -0.1) is 5.10 Å². The molecule has 0 spiro atoms. The Morgan fingerprint density at radius 2 is 1.92 bits per heavy atom. The third-order valence-electron chi connectivity index (χ3n) is 6.37. The van der Waals surface area contributed by atoms with Crippen molar-refractivity contribution in [2.24, 2.45) is 0 Å². The monoisotopic (exact) mass is 549 g/mol. The Morgan fingerprint density at radius 1 is 1.13 bits per heavy atom. The molecule has 0 saturated carbocycles. The van der Waals surface area contributed by atoms with Crippen molar-refractivity contribution >= 4 is 34.2 Å². The average molecular weight is 550 g/mol. The first-order valence-corrected chi connectivity index (χ1v) is 13.6. The summed E-state index contributed by atoms with van der Waals surface area (Å²) in [6.45, 7) is 6.95. The smallest absolute Gasteiger partial charge is 0.233 e. The summed E-state index contributed by atoms with van der Waals surface area (Å²) in [6.07, 6.45) is 2.77. The van der Waals surface area contributed by atoms with Crippen molar-refractivity contribution in [3.05, 3.63) is 59.6 Å². The molecule has 0 bridgehead atoms. The number of hydrogen-bond donors (Lipinski definition) is 1. The zero-order valence-corrected chi connectivity index (χ0v) is 23.4. The summed E-state index contributed by atoms with van der Waals surface area (Å²) in [5.41, 5.74) is 3.37. The molecule has 1 N–H and O–H groups in total. The second-order valence-corrected chi connectivity index (χ2v) is 10.3. The van der Waals surface area contributed by atoms with Crippen molar-refractivity contribution in [3.8, 4) is 11.5 Å². The summed E-state index contributed by atoms with van der Waals surface area (Å²) in [7, 11) is 3.18. The number of amides is 1. The fourth-order valence-electron chi connectivity index (χ4n) is 4.39. The van der Waals surface area contributed by atoms with Gasteiger partial charge in [-0.2, -0.15) is 9.61 Å². The number of methoxy groups -OCH3 is 2. The highest BCUT2D eigenvalue weighted by Crippen LogP contribution is 2.35. The van der Waals surface area contributed by atoms with Crippen LogP contribution >= 0.6 is 11.8 Å². The number of aromatic nitrogens is 6. The minimum atomic E-state index is -0.393. The van der Waals surface area contributed by atoms with Gasteiger partial charge in [0.2, 0.25) is 5.91 Å². The molecule has 0 aliphatic carbocycles. The number of carbonyl (C=O) groups excluding carboxylic acids is 1. The lowest BCUT2D eigenvalue weighted by Crippen LogP contribution is -2.32. The number of furan rings is 1. The van der Waals surface area contributed by atoms with Crippen LogP contribution in [0.4, 0.5) is 0 Å². The van der Waals surface area contributed by atoms with E-state index in [0.29, 0.717) is 65.3 Å². The van der Waals surface area contributed by atoms with E-state index in [2.05, 4.69) is 10.4 Å². The standard InChI is InChI=1S/C27H31N7O4S/c1-6-23(26(35)28-15-18-8-7-11-38-18)39-27-29-20-14-22(37-5)21(36-4)13-19(20)25-30-24(32-34(25)27)9-10-33-17(3)12-16(2)31-33/h7-8,11-14,23H,6,9-10,15H2,1-5H3,(H,28,35)/t23-/m0/s1. The molecule has 0 aliphatic heterocycles. The van der Waals surface area contributed by atoms with Crippen LogP contribution in [0.3, 0.4) is 0 Å². The maximum absolute atomic E-state index is 13.1. The number of rotatable bonds is 11. The van der Waals surface area contributed by atoms with E-state index in [1.807, 2.05) is 49.7 Å². The molecule has 0 aliphatic rings. The van der Waals surface area contributed by atoms with Gasteiger partial charge in [0.25, 0.3) is 0 Å². The van der Waals surface area contributed by atoms with Crippen molar-refractivity contribution in [1.29, 1.82) is 0 Å². The Bertz CT molecular complexity index is 1610. The number of nitrogens with zero attached hydrogens (tertiary/aromatic N) is 6. The van der Waals surface area contributed by atoms with E-state index in [1.54, 1.807) is 31.1 Å². The molecule has 4 aromatic heterocycles. The van der Waals surface area contributed by atoms with E-state index in [4.69, 9.17) is 29.0 Å². The predicted molar refractivity (Wildman–Crippen MR) is 147 cm³/mol. The van der Waals surface area contributed by atoms with E-state index in [1.165, 1.54) is 11.8 Å². The lowest BCUT2D eigenvalue weighted by molar-refractivity contribution is -0.120. The molecular weight excluding hydrogens is 518 g/mol. The molecule has 11 nitrogen and oxygen atoms in total. The van der Waals surface area contributed by atoms with E-state index >= 15 is 0 Å². The highest BCUT2D eigenvalue weighted by molar-refractivity contribution is 8.00. The molecule has 0 saturated heterocycles. The zero-order valence-electron chi connectivity index (χ0n) is 22.6. The highest BCUT2D eigenvalue weighted by atomic mass is 32.2. The van der Waals surface area contributed by atoms with E-state index < -0.39 is 5.25 Å². The molecule has 5 aromatic rings. The Labute approximate surface area is 229 Å². The van der Waals surface area contributed by atoms with Gasteiger partial charge in [0.05, 0.1) is 43.5 Å². The second-order valence-electron chi connectivity index (χ2n) is 9.09. The molecule has 12 heteroatoms. The number of fused-ring (bicyclic) bond motifs is 3. The van der Waals surface area contributed by atoms with Gasteiger partial charge >= 0.3 is 0 Å². The van der Waals surface area contributed by atoms with Crippen LogP contribution in [0.1, 0.15) is 36.3 Å². The number of carbonyl (C=O) groups is 1. The lowest BCUT2D eigenvalue weighted by Gasteiger charge is -2.15. The number of thioether (sulfide) groups is 1. The summed E-state index contributed by atoms with van der Waals surface area (Å²) in [5.74, 6) is 2.38. The fourth-order valence-corrected chi connectivity index (χ4v) is 5.38. The molecule has 1 aromatic carbocycles. The van der Waals surface area contributed by atoms with Crippen molar-refractivity contribution in [2.75, 3.05) is 14.2 Å². The molecule has 1 amide bonds. The quantitative estimate of drug-likeness (QED) is 0.191. The SMILES string of the molecule is CC[C@H](Sc1nc2cc(OC)c(OC)cc2c2nc(CCn3nc(C)cc3C)nn12)C(=O)NCc1ccco1. The van der Waals surface area contributed by atoms with Gasteiger partial charge in [-0.1, -0.05) is 18.7 Å². The van der Waals surface area contributed by atoms with Gasteiger partial charge in [0.15, 0.2) is 28.1 Å². The van der Waals surface area contributed by atoms with E-state index in [-0.39, 0.29) is 5.91 Å². The molecular formula is C27H31N7O4S. The third kappa shape index (κ3) is 5.56. The summed E-state index contributed by atoms with van der Waals surface area (Å²) in [5, 5.41) is 13.3. The number of nitrogens with one attached hydrogen (secondary N) is 1. The third-order valence-corrected chi connectivity index (χ3v) is 7.68. The number of hydrogen-bond acceptors (Lipinski definition) is 9. The van der Waals surface area contributed by atoms with Crippen molar-refractivity contribution in [3.63, 3.8) is 0 Å². The molecule has 4 heterocycles. The Kier molecular flexibility index (Phi) is 7.73. The van der Waals surface area contributed by atoms with Gasteiger partial charge in [0.1, 0.15) is 5.76 Å². The first-order valence-electron chi connectivity index (χ1n) is 12.7. The van der Waals surface area contributed by atoms with Crippen LogP contribution in [0.15, 0.2) is 46.2 Å². The normalized spacial score (nSPS) is 12.2. The first-order chi connectivity index (χ1) is 18.9. The summed E-state index contributed by atoms with van der Waals surface area (Å²) < 4.78 is 20.1. The summed E-state index contributed by atoms with van der Waals surface area (Å²) >= 11 is 1.35. The largest absolute Gasteiger partial charge is 0.493 e. The topological polar surface area (TPSA) is 122 Å². The van der Waals surface area contributed by atoms with Gasteiger partial charge in [-0.05, 0) is 44.5 Å². The molecule has 204 valence electrons. The number of benzene rings is 1. The zero-order chi connectivity index (χ0) is 27.5. The van der Waals surface area contributed by atoms with Crippen molar-refractivity contribution in [2.45, 2.75) is 57.1 Å². The maximum atomic E-state index is 13.1. The van der Waals surface area contributed by atoms with Crippen LogP contribution in [-0.4, -0.2) is 54.7 Å². The summed E-state index contributed by atoms with van der Waals surface area (Å²) in [4.78, 5) is 22.8. The molecule has 39 heavy (non-hydrogen) atoms. The van der Waals surface area contributed by atoms with Crippen LogP contribution in [0, 0.1) is 13.8 Å². The van der Waals surface area contributed by atoms with Gasteiger partial charge in [-0.25, -0.2) is 9.97 Å². The average Bonchev–Trinajstić information content (AvgIpc) is 3.68. The van der Waals surface area contributed by atoms with E-state index in [9.17, 15) is 4.79 Å². The lowest BCUT2D eigenvalue weighted by atomic mass is 10.2. The van der Waals surface area contributed by atoms with Gasteiger partial charge < -0.3 is 19.2 Å². The molecule has 0 radical (unpaired) electrons. The minimum absolute atomic E-state index is 0.105. The Morgan fingerprint density at radius 3 is 2.59 bits per heavy atom. The van der Waals surface area contributed by atoms with Crippen LogP contribution in [0.25, 0.3) is 16.6 Å². The summed E-state index contributed by atoms with van der Waals surface area (Å²) in [6, 6.07) is 9.35. The van der Waals surface area contributed by atoms with Crippen LogP contribution in [-0.2, 0) is 24.3 Å². The Hall–Kier alpha value is -4.06. The van der Waals surface area contributed by atoms with E-state index in [0.717, 1.165) is 16.8 Å². The maximum Gasteiger partial charge on any atom is 0.233 e. The first kappa shape index (κ1) is 26.5. The van der Waals surface area contributed by atoms with Crippen molar-refractivity contribution < 1.29 is 18.7 Å². The minimum Gasteiger partial charge on any atom is -0.493 e. The second kappa shape index (κ2) is 11.4. The molecule has 0 fully saturated rings. The van der Waals surface area contributed by atoms with Crippen molar-refractivity contribution in [1.82, 2.24) is 34.7 Å². The Balaban J connectivity index is 1.51. The molecule has 5 rings (SSSR count). The number of aryl methyl sites for hydroxylation is 4. The van der Waals surface area contributed by atoms with Crippen LogP contribution in [0.2, 0.25) is 0 Å². The van der Waals surface area contributed by atoms with Gasteiger partial charge in [-0.3, -0.25) is 9.48 Å². The highest BCUT2D eigenvalue weighted by Gasteiger charge is 2.23. The predicted octanol–water partition coefficient (Wildman–Crippen LogP) is 4.13. The number of ether oxygens (including phenoxy) is 2. The fraction of sp³-hybridized carbons (Fsp3) is 0.370.